The van der Waals surface area contributed by atoms with E-state index < -0.39 is 19.8 Å². The van der Waals surface area contributed by atoms with Crippen LogP contribution in [0.1, 0.15) is 26.7 Å². The van der Waals surface area contributed by atoms with Gasteiger partial charge in [-0.3, -0.25) is 0 Å². The molecule has 0 aliphatic heterocycles. The van der Waals surface area contributed by atoms with Gasteiger partial charge in [0.15, 0.2) is 0 Å². The third-order valence-corrected chi connectivity index (χ3v) is 17.0. The van der Waals surface area contributed by atoms with Crippen LogP contribution in [0.4, 0.5) is 0 Å². The van der Waals surface area contributed by atoms with E-state index >= 15 is 0 Å². The maximum atomic E-state index is 5.13. The van der Waals surface area contributed by atoms with Crippen LogP contribution in [-0.2, 0) is 23.9 Å². The number of hydrogen-bond acceptors (Lipinski definition) is 0. The minimum atomic E-state index is -3.04. The van der Waals surface area contributed by atoms with Crippen molar-refractivity contribution >= 4 is 29.0 Å². The second-order valence-corrected chi connectivity index (χ2v) is 17.3. The SMILES string of the molecule is Cl.Cl.[CH2]=[Zr]([CH2]c1ccccc1)([C]1=CC=CC1)[CH]1c2ccccc2-c2ccccc21. The van der Waals surface area contributed by atoms with Crippen LogP contribution < -0.4 is 0 Å². The summed E-state index contributed by atoms with van der Waals surface area (Å²) in [6.07, 6.45) is 8.02. The number of benzene rings is 3. The molecule has 29 heavy (non-hydrogen) atoms. The standard InChI is InChI=1S/C13H9.C7H7.C5H5.CH2.2ClH.Zr/c1-3-7-12-10(5-1)9-11-6-2-4-8-13(11)12;1-7-5-3-2-4-6-7;1-2-4-5-3-1;;;;/h1-9H;2-6H,1H2;1-3H,4H2;1H2;2*1H;. The molecule has 0 saturated heterocycles. The van der Waals surface area contributed by atoms with Crippen molar-refractivity contribution in [1.29, 1.82) is 0 Å². The molecule has 0 N–H and O–H groups in total. The number of fused-ring (bicyclic) bond motifs is 3. The van der Waals surface area contributed by atoms with Crippen molar-refractivity contribution in [2.45, 2.75) is 14.2 Å². The summed E-state index contributed by atoms with van der Waals surface area (Å²) in [6.45, 7) is 0. The summed E-state index contributed by atoms with van der Waals surface area (Å²) in [6, 6.07) is 29.1. The van der Waals surface area contributed by atoms with E-state index in [0.717, 1.165) is 10.5 Å². The minimum absolute atomic E-state index is 0. The van der Waals surface area contributed by atoms with Crippen molar-refractivity contribution in [3.05, 3.63) is 117 Å². The second kappa shape index (κ2) is 9.09. The van der Waals surface area contributed by atoms with Gasteiger partial charge in [-0.2, -0.15) is 0 Å². The predicted octanol–water partition coefficient (Wildman–Crippen LogP) is 7.23. The Kier molecular flexibility index (Phi) is 6.95. The van der Waals surface area contributed by atoms with Crippen molar-refractivity contribution in [1.82, 2.24) is 0 Å². The Labute approximate surface area is 190 Å². The van der Waals surface area contributed by atoms with Gasteiger partial charge < -0.3 is 0 Å². The fraction of sp³-hybridized carbons (Fsp3) is 0.115. The van der Waals surface area contributed by atoms with Crippen LogP contribution in [0, 0.1) is 0 Å². The van der Waals surface area contributed by atoms with Crippen LogP contribution in [0.3, 0.4) is 0 Å². The first-order valence-electron chi connectivity index (χ1n) is 9.71. The zero-order valence-corrected chi connectivity index (χ0v) is 20.3. The van der Waals surface area contributed by atoms with Crippen LogP contribution in [0.25, 0.3) is 11.1 Å². The molecule has 3 aromatic carbocycles. The summed E-state index contributed by atoms with van der Waals surface area (Å²) in [5, 5.41) is 0. The number of halogens is 2. The molecule has 0 fully saturated rings. The Balaban J connectivity index is 0.00000120. The predicted molar refractivity (Wildman–Crippen MR) is 127 cm³/mol. The molecule has 0 saturated carbocycles. The molecule has 3 aromatic rings. The Morgan fingerprint density at radius 3 is 1.86 bits per heavy atom. The fourth-order valence-corrected chi connectivity index (χ4v) is 15.8. The second-order valence-electron chi connectivity index (χ2n) is 7.75. The first-order valence-corrected chi connectivity index (χ1v) is 15.8. The fourth-order valence-electron chi connectivity index (χ4n) is 4.93. The Morgan fingerprint density at radius 1 is 0.759 bits per heavy atom. The van der Waals surface area contributed by atoms with Crippen LogP contribution >= 0.6 is 24.8 Å². The monoisotopic (exact) mass is 497 g/mol. The van der Waals surface area contributed by atoms with E-state index in [1.54, 1.807) is 3.28 Å². The normalized spacial score (nSPS) is 16.1. The van der Waals surface area contributed by atoms with Gasteiger partial charge in [0.25, 0.3) is 0 Å². The molecule has 1 unspecified atom stereocenters. The van der Waals surface area contributed by atoms with Crippen LogP contribution in [0.5, 0.6) is 0 Å². The van der Waals surface area contributed by atoms with E-state index in [4.69, 9.17) is 4.21 Å². The quantitative estimate of drug-likeness (QED) is 0.355. The van der Waals surface area contributed by atoms with Crippen molar-refractivity contribution in [2.24, 2.45) is 0 Å². The Morgan fingerprint density at radius 2 is 1.31 bits per heavy atom. The molecule has 1 atom stereocenters. The summed E-state index contributed by atoms with van der Waals surface area (Å²) in [4.78, 5) is 0. The summed E-state index contributed by atoms with van der Waals surface area (Å²) in [5.74, 6) is 0. The molecule has 5 rings (SSSR count). The maximum absolute atomic E-state index is 5.13. The molecule has 0 bridgehead atoms. The molecule has 0 nitrogen and oxygen atoms in total. The summed E-state index contributed by atoms with van der Waals surface area (Å²) in [7, 11) is 0. The van der Waals surface area contributed by atoms with Crippen molar-refractivity contribution in [3.8, 4) is 11.1 Å². The topological polar surface area (TPSA) is 0 Å². The van der Waals surface area contributed by atoms with E-state index in [1.165, 1.54) is 27.8 Å². The van der Waals surface area contributed by atoms with Gasteiger partial charge in [-0.1, -0.05) is 0 Å². The Hall–Kier alpha value is -1.53. The molecule has 0 spiro atoms. The Bertz CT molecular complexity index is 1070. The van der Waals surface area contributed by atoms with Gasteiger partial charge in [-0.15, -0.1) is 24.8 Å². The van der Waals surface area contributed by atoms with Crippen LogP contribution in [-0.4, -0.2) is 4.21 Å². The third-order valence-electron chi connectivity index (χ3n) is 6.16. The molecule has 147 valence electrons. The first kappa shape index (κ1) is 22.2. The van der Waals surface area contributed by atoms with Gasteiger partial charge in [-0.05, 0) is 0 Å². The van der Waals surface area contributed by atoms with Gasteiger partial charge in [0.2, 0.25) is 0 Å². The summed E-state index contributed by atoms with van der Waals surface area (Å²) >= 11 is -3.04. The molecular formula is C26H25Cl2Zr. The number of hydrogen-bond donors (Lipinski definition) is 0. The van der Waals surface area contributed by atoms with Crippen LogP contribution in [0.2, 0.25) is 0 Å². The van der Waals surface area contributed by atoms with Gasteiger partial charge in [-0.25, -0.2) is 0 Å². The summed E-state index contributed by atoms with van der Waals surface area (Å²) in [5.41, 5.74) is 7.30. The summed E-state index contributed by atoms with van der Waals surface area (Å²) < 4.78 is 8.40. The molecular weight excluding hydrogens is 474 g/mol. The zero-order chi connectivity index (χ0) is 18.3. The molecule has 0 amide bonds. The van der Waals surface area contributed by atoms with E-state index in [2.05, 4.69) is 97.1 Å². The molecule has 2 aliphatic rings. The molecule has 0 heterocycles. The van der Waals surface area contributed by atoms with E-state index in [0.29, 0.717) is 3.63 Å². The van der Waals surface area contributed by atoms with E-state index in [-0.39, 0.29) is 24.8 Å². The van der Waals surface area contributed by atoms with Crippen molar-refractivity contribution in [3.63, 3.8) is 0 Å². The molecule has 0 radical (unpaired) electrons. The van der Waals surface area contributed by atoms with Gasteiger partial charge in [0.05, 0.1) is 0 Å². The number of rotatable bonds is 4. The van der Waals surface area contributed by atoms with Gasteiger partial charge >= 0.3 is 166 Å². The van der Waals surface area contributed by atoms with E-state index in [9.17, 15) is 0 Å². The average Bonchev–Trinajstić information content (AvgIpc) is 3.36. The van der Waals surface area contributed by atoms with Gasteiger partial charge in [0.1, 0.15) is 0 Å². The van der Waals surface area contributed by atoms with Crippen molar-refractivity contribution in [2.75, 3.05) is 0 Å². The van der Waals surface area contributed by atoms with Crippen molar-refractivity contribution < 1.29 is 19.8 Å². The third kappa shape index (κ3) is 3.81. The van der Waals surface area contributed by atoms with Gasteiger partial charge in [0, 0.05) is 0 Å². The average molecular weight is 500 g/mol. The zero-order valence-electron chi connectivity index (χ0n) is 16.3. The van der Waals surface area contributed by atoms with E-state index in [1.807, 2.05) is 0 Å². The molecule has 2 aliphatic carbocycles. The first-order chi connectivity index (χ1) is 13.3. The number of allylic oxidation sites excluding steroid dienone is 4. The molecule has 3 heteroatoms. The molecule has 0 aromatic heterocycles. The van der Waals surface area contributed by atoms with Crippen LogP contribution in [0.15, 0.2) is 100 Å².